The van der Waals surface area contributed by atoms with Crippen LogP contribution in [0.15, 0.2) is 42.5 Å². The Labute approximate surface area is 156 Å². The van der Waals surface area contributed by atoms with E-state index in [-0.39, 0.29) is 30.8 Å². The lowest BCUT2D eigenvalue weighted by Gasteiger charge is -2.38. The van der Waals surface area contributed by atoms with Crippen LogP contribution in [0.2, 0.25) is 0 Å². The summed E-state index contributed by atoms with van der Waals surface area (Å²) in [5.41, 5.74) is 2.12. The van der Waals surface area contributed by atoms with E-state index in [2.05, 4.69) is 5.32 Å². The summed E-state index contributed by atoms with van der Waals surface area (Å²) in [6.07, 6.45) is 0.498. The minimum atomic E-state index is -0.379. The van der Waals surface area contributed by atoms with Gasteiger partial charge in [0.25, 0.3) is 0 Å². The summed E-state index contributed by atoms with van der Waals surface area (Å²) in [6.45, 7) is 2.10. The number of nitrogens with one attached hydrogen (secondary N) is 1. The number of benzene rings is 2. The van der Waals surface area contributed by atoms with Crippen molar-refractivity contribution in [3.05, 3.63) is 48.0 Å². The Kier molecular flexibility index (Phi) is 4.35. The van der Waals surface area contributed by atoms with E-state index in [4.69, 9.17) is 14.2 Å². The lowest BCUT2D eigenvalue weighted by Crippen LogP contribution is -2.46. The van der Waals surface area contributed by atoms with Gasteiger partial charge in [-0.2, -0.15) is 0 Å². The van der Waals surface area contributed by atoms with Crippen molar-refractivity contribution in [1.82, 2.24) is 0 Å². The molecule has 0 saturated carbocycles. The number of rotatable bonds is 2. The SMILES string of the molecule is COC(=O)C1CC(C)N(C(=O)Nc2ccc3c(c2)OCO3)c2ccccc21. The van der Waals surface area contributed by atoms with E-state index in [1.54, 1.807) is 23.1 Å². The summed E-state index contributed by atoms with van der Waals surface area (Å²) < 4.78 is 15.6. The third-order valence-electron chi connectivity index (χ3n) is 4.92. The maximum Gasteiger partial charge on any atom is 0.326 e. The number of esters is 1. The van der Waals surface area contributed by atoms with Gasteiger partial charge in [0.15, 0.2) is 11.5 Å². The van der Waals surface area contributed by atoms with Crippen molar-refractivity contribution in [1.29, 1.82) is 0 Å². The molecule has 0 fully saturated rings. The molecular weight excluding hydrogens is 348 g/mol. The van der Waals surface area contributed by atoms with E-state index in [0.717, 1.165) is 5.56 Å². The second-order valence-corrected chi connectivity index (χ2v) is 6.59. The van der Waals surface area contributed by atoms with Gasteiger partial charge in [-0.3, -0.25) is 9.69 Å². The van der Waals surface area contributed by atoms with Crippen LogP contribution in [-0.2, 0) is 9.53 Å². The fourth-order valence-electron chi connectivity index (χ4n) is 3.65. The van der Waals surface area contributed by atoms with Crippen LogP contribution in [0.5, 0.6) is 11.5 Å². The highest BCUT2D eigenvalue weighted by Crippen LogP contribution is 2.40. The molecule has 2 aliphatic rings. The number of anilines is 2. The number of para-hydroxylation sites is 1. The molecule has 0 aliphatic carbocycles. The highest BCUT2D eigenvalue weighted by molar-refractivity contribution is 6.04. The first-order chi connectivity index (χ1) is 13.1. The summed E-state index contributed by atoms with van der Waals surface area (Å²) in [6, 6.07) is 12.3. The number of urea groups is 1. The smallest absolute Gasteiger partial charge is 0.326 e. The maximum atomic E-state index is 13.0. The molecule has 2 aliphatic heterocycles. The minimum Gasteiger partial charge on any atom is -0.469 e. The summed E-state index contributed by atoms with van der Waals surface area (Å²) in [5.74, 6) is 0.595. The Morgan fingerprint density at radius 2 is 1.93 bits per heavy atom. The average molecular weight is 368 g/mol. The predicted octanol–water partition coefficient (Wildman–Crippen LogP) is 3.50. The first kappa shape index (κ1) is 17.2. The molecule has 140 valence electrons. The number of ether oxygens (including phenoxy) is 3. The number of amides is 2. The molecule has 0 saturated heterocycles. The monoisotopic (exact) mass is 368 g/mol. The summed E-state index contributed by atoms with van der Waals surface area (Å²) in [5, 5.41) is 2.91. The molecule has 2 amide bonds. The van der Waals surface area contributed by atoms with Crippen LogP contribution in [-0.4, -0.2) is 31.9 Å². The van der Waals surface area contributed by atoms with E-state index < -0.39 is 0 Å². The molecule has 1 N–H and O–H groups in total. The zero-order valence-corrected chi connectivity index (χ0v) is 15.1. The fourth-order valence-corrected chi connectivity index (χ4v) is 3.65. The van der Waals surface area contributed by atoms with Gasteiger partial charge in [0.05, 0.1) is 13.0 Å². The first-order valence-corrected chi connectivity index (χ1v) is 8.75. The maximum absolute atomic E-state index is 13.0. The molecule has 7 heteroatoms. The first-order valence-electron chi connectivity index (χ1n) is 8.75. The van der Waals surface area contributed by atoms with Gasteiger partial charge in [0.1, 0.15) is 0 Å². The summed E-state index contributed by atoms with van der Waals surface area (Å²) >= 11 is 0. The minimum absolute atomic E-state index is 0.169. The molecule has 4 rings (SSSR count). The van der Waals surface area contributed by atoms with E-state index in [1.807, 2.05) is 31.2 Å². The standard InChI is InChI=1S/C20H20N2O5/c1-12-9-15(19(23)25-2)14-5-3-4-6-16(14)22(12)20(24)21-13-7-8-17-18(10-13)27-11-26-17/h3-8,10,12,15H,9,11H2,1-2H3,(H,21,24). The molecular formula is C20H20N2O5. The molecule has 0 bridgehead atoms. The topological polar surface area (TPSA) is 77.1 Å². The van der Waals surface area contributed by atoms with Gasteiger partial charge in [0, 0.05) is 23.5 Å². The van der Waals surface area contributed by atoms with Gasteiger partial charge < -0.3 is 19.5 Å². The van der Waals surface area contributed by atoms with E-state index in [1.165, 1.54) is 7.11 Å². The fraction of sp³-hybridized carbons (Fsp3) is 0.300. The van der Waals surface area contributed by atoms with Gasteiger partial charge in [-0.05, 0) is 37.1 Å². The zero-order valence-electron chi connectivity index (χ0n) is 15.1. The quantitative estimate of drug-likeness (QED) is 0.821. The van der Waals surface area contributed by atoms with Gasteiger partial charge in [-0.15, -0.1) is 0 Å². The number of methoxy groups -OCH3 is 1. The highest BCUT2D eigenvalue weighted by atomic mass is 16.7. The van der Waals surface area contributed by atoms with Gasteiger partial charge in [-0.25, -0.2) is 4.79 Å². The van der Waals surface area contributed by atoms with Crippen molar-refractivity contribution in [2.75, 3.05) is 24.1 Å². The average Bonchev–Trinajstić information content (AvgIpc) is 3.14. The van der Waals surface area contributed by atoms with Crippen LogP contribution in [0.25, 0.3) is 0 Å². The normalized spacial score (nSPS) is 20.0. The van der Waals surface area contributed by atoms with E-state index in [0.29, 0.717) is 29.3 Å². The summed E-state index contributed by atoms with van der Waals surface area (Å²) in [4.78, 5) is 26.9. The third kappa shape index (κ3) is 3.05. The van der Waals surface area contributed by atoms with Crippen LogP contribution in [0.3, 0.4) is 0 Å². The van der Waals surface area contributed by atoms with Crippen LogP contribution < -0.4 is 19.7 Å². The zero-order chi connectivity index (χ0) is 19.0. The highest BCUT2D eigenvalue weighted by Gasteiger charge is 2.37. The largest absolute Gasteiger partial charge is 0.469 e. The van der Waals surface area contributed by atoms with E-state index in [9.17, 15) is 9.59 Å². The van der Waals surface area contributed by atoms with E-state index >= 15 is 0 Å². The number of hydrogen-bond acceptors (Lipinski definition) is 5. The number of nitrogens with zero attached hydrogens (tertiary/aromatic N) is 1. The lowest BCUT2D eigenvalue weighted by molar-refractivity contribution is -0.142. The molecule has 2 atom stereocenters. The molecule has 2 aromatic carbocycles. The van der Waals surface area contributed by atoms with Crippen molar-refractivity contribution in [2.45, 2.75) is 25.3 Å². The Morgan fingerprint density at radius 3 is 2.74 bits per heavy atom. The van der Waals surface area contributed by atoms with Crippen molar-refractivity contribution in [3.8, 4) is 11.5 Å². The summed E-state index contributed by atoms with van der Waals surface area (Å²) in [7, 11) is 1.38. The number of carbonyl (C=O) groups excluding carboxylic acids is 2. The Balaban J connectivity index is 1.62. The van der Waals surface area contributed by atoms with Crippen molar-refractivity contribution in [2.24, 2.45) is 0 Å². The molecule has 7 nitrogen and oxygen atoms in total. The molecule has 0 radical (unpaired) electrons. The Bertz CT molecular complexity index is 898. The Morgan fingerprint density at radius 1 is 1.15 bits per heavy atom. The second-order valence-electron chi connectivity index (χ2n) is 6.59. The van der Waals surface area contributed by atoms with Crippen molar-refractivity contribution >= 4 is 23.4 Å². The second kappa shape index (κ2) is 6.83. The van der Waals surface area contributed by atoms with Crippen molar-refractivity contribution in [3.63, 3.8) is 0 Å². The molecule has 2 heterocycles. The van der Waals surface area contributed by atoms with Gasteiger partial charge in [0.2, 0.25) is 6.79 Å². The van der Waals surface area contributed by atoms with Gasteiger partial charge in [-0.1, -0.05) is 18.2 Å². The Hall–Kier alpha value is -3.22. The predicted molar refractivity (Wildman–Crippen MR) is 99.3 cm³/mol. The van der Waals surface area contributed by atoms with Gasteiger partial charge >= 0.3 is 12.0 Å². The third-order valence-corrected chi connectivity index (χ3v) is 4.92. The molecule has 2 unspecified atom stereocenters. The molecule has 27 heavy (non-hydrogen) atoms. The van der Waals surface area contributed by atoms with Crippen LogP contribution in [0, 0.1) is 0 Å². The van der Waals surface area contributed by atoms with Crippen molar-refractivity contribution < 1.29 is 23.8 Å². The molecule has 0 aromatic heterocycles. The lowest BCUT2D eigenvalue weighted by atomic mass is 9.86. The van der Waals surface area contributed by atoms with Crippen LogP contribution in [0.1, 0.15) is 24.8 Å². The number of fused-ring (bicyclic) bond motifs is 2. The van der Waals surface area contributed by atoms with Crippen LogP contribution in [0.4, 0.5) is 16.2 Å². The molecule has 2 aromatic rings. The number of hydrogen-bond donors (Lipinski definition) is 1. The number of carbonyl (C=O) groups is 2. The molecule has 0 spiro atoms. The van der Waals surface area contributed by atoms with Crippen LogP contribution >= 0.6 is 0 Å².